The zero-order valence-corrected chi connectivity index (χ0v) is 7.30. The van der Waals surface area contributed by atoms with E-state index < -0.39 is 0 Å². The van der Waals surface area contributed by atoms with Crippen LogP contribution in [0.3, 0.4) is 0 Å². The minimum absolute atomic E-state index is 0.378. The largest absolute Gasteiger partial charge is 0.307 e. The highest BCUT2D eigenvalue weighted by molar-refractivity contribution is 4.96. The number of nitrogens with zero attached hydrogens (tertiary/aromatic N) is 2. The van der Waals surface area contributed by atoms with Gasteiger partial charge in [0.1, 0.15) is 5.82 Å². The monoisotopic (exact) mass is 166 g/mol. The molecule has 0 bridgehead atoms. The van der Waals surface area contributed by atoms with Gasteiger partial charge in [-0.15, -0.1) is 0 Å². The molecule has 1 aromatic heterocycles. The molecule has 0 unspecified atom stereocenters. The zero-order chi connectivity index (χ0) is 8.39. The minimum atomic E-state index is 0.378. The quantitative estimate of drug-likeness (QED) is 0.652. The van der Waals surface area contributed by atoms with Gasteiger partial charge in [-0.05, 0) is 26.3 Å². The van der Waals surface area contributed by atoms with Gasteiger partial charge in [-0.1, -0.05) is 6.42 Å². The summed E-state index contributed by atoms with van der Waals surface area (Å²) >= 11 is 0. The van der Waals surface area contributed by atoms with Crippen LogP contribution in [-0.2, 0) is 0 Å². The Morgan fingerprint density at radius 3 is 2.92 bits per heavy atom. The molecule has 0 aliphatic carbocycles. The number of rotatable bonds is 1. The van der Waals surface area contributed by atoms with Gasteiger partial charge in [0.15, 0.2) is 5.82 Å². The molecule has 2 rings (SSSR count). The third-order valence-electron chi connectivity index (χ3n) is 2.24. The van der Waals surface area contributed by atoms with Gasteiger partial charge in [-0.25, -0.2) is 4.98 Å². The molecule has 0 radical (unpaired) electrons. The van der Waals surface area contributed by atoms with Crippen molar-refractivity contribution in [1.82, 2.24) is 20.5 Å². The summed E-state index contributed by atoms with van der Waals surface area (Å²) in [5, 5.41) is 10.4. The van der Waals surface area contributed by atoms with Crippen molar-refractivity contribution in [3.63, 3.8) is 0 Å². The van der Waals surface area contributed by atoms with Crippen LogP contribution in [0.25, 0.3) is 0 Å². The summed E-state index contributed by atoms with van der Waals surface area (Å²) in [6.07, 6.45) is 3.72. The Labute approximate surface area is 71.8 Å². The van der Waals surface area contributed by atoms with Gasteiger partial charge in [-0.3, -0.25) is 5.10 Å². The lowest BCUT2D eigenvalue weighted by Crippen LogP contribution is -2.27. The molecular formula is C8H14N4. The Morgan fingerprint density at radius 1 is 1.42 bits per heavy atom. The van der Waals surface area contributed by atoms with Crippen molar-refractivity contribution in [2.75, 3.05) is 6.54 Å². The number of aromatic amines is 1. The Balaban J connectivity index is 2.08. The molecule has 4 nitrogen and oxygen atoms in total. The maximum atomic E-state index is 4.31. The third kappa shape index (κ3) is 1.48. The standard InChI is InChI=1S/C8H14N4/c1-6-10-8(12-11-6)7-4-2-3-5-9-7/h7,9H,2-5H2,1H3,(H,10,11,12)/t7-/m1/s1. The normalized spacial score (nSPS) is 24.2. The molecule has 1 saturated heterocycles. The lowest BCUT2D eigenvalue weighted by Gasteiger charge is -2.20. The fourth-order valence-corrected chi connectivity index (χ4v) is 1.59. The van der Waals surface area contributed by atoms with Gasteiger partial charge in [0, 0.05) is 0 Å². The first kappa shape index (κ1) is 7.73. The molecule has 1 fully saturated rings. The summed E-state index contributed by atoms with van der Waals surface area (Å²) in [7, 11) is 0. The zero-order valence-electron chi connectivity index (χ0n) is 7.30. The maximum absolute atomic E-state index is 4.31. The Morgan fingerprint density at radius 2 is 2.33 bits per heavy atom. The summed E-state index contributed by atoms with van der Waals surface area (Å²) < 4.78 is 0. The van der Waals surface area contributed by atoms with E-state index in [-0.39, 0.29) is 0 Å². The summed E-state index contributed by atoms with van der Waals surface area (Å²) in [4.78, 5) is 4.31. The molecule has 2 heterocycles. The van der Waals surface area contributed by atoms with Crippen molar-refractivity contribution in [1.29, 1.82) is 0 Å². The highest BCUT2D eigenvalue weighted by Crippen LogP contribution is 2.19. The molecule has 12 heavy (non-hydrogen) atoms. The second-order valence-corrected chi connectivity index (χ2v) is 3.28. The Hall–Kier alpha value is -0.900. The van der Waals surface area contributed by atoms with Crippen molar-refractivity contribution in [2.24, 2.45) is 0 Å². The predicted octanol–water partition coefficient (Wildman–Crippen LogP) is 0.928. The van der Waals surface area contributed by atoms with E-state index in [1.165, 1.54) is 12.8 Å². The van der Waals surface area contributed by atoms with E-state index in [4.69, 9.17) is 0 Å². The Bertz CT molecular complexity index is 249. The van der Waals surface area contributed by atoms with E-state index in [1.54, 1.807) is 0 Å². The lowest BCUT2D eigenvalue weighted by molar-refractivity contribution is 0.398. The summed E-state index contributed by atoms with van der Waals surface area (Å²) in [6, 6.07) is 0.378. The summed E-state index contributed by atoms with van der Waals surface area (Å²) in [5.41, 5.74) is 0. The van der Waals surface area contributed by atoms with Gasteiger partial charge in [0.25, 0.3) is 0 Å². The number of nitrogens with one attached hydrogen (secondary N) is 2. The van der Waals surface area contributed by atoms with Crippen LogP contribution in [0.4, 0.5) is 0 Å². The van der Waals surface area contributed by atoms with Gasteiger partial charge < -0.3 is 5.32 Å². The molecule has 0 spiro atoms. The van der Waals surface area contributed by atoms with E-state index in [1.807, 2.05) is 6.92 Å². The number of H-pyrrole nitrogens is 1. The van der Waals surface area contributed by atoms with E-state index >= 15 is 0 Å². The molecule has 0 amide bonds. The van der Waals surface area contributed by atoms with E-state index in [0.717, 1.165) is 24.6 Å². The van der Waals surface area contributed by atoms with Crippen molar-refractivity contribution in [3.8, 4) is 0 Å². The molecule has 4 heteroatoms. The van der Waals surface area contributed by atoms with Crippen LogP contribution in [0.2, 0.25) is 0 Å². The first-order valence-electron chi connectivity index (χ1n) is 4.48. The third-order valence-corrected chi connectivity index (χ3v) is 2.24. The molecule has 0 saturated carbocycles. The van der Waals surface area contributed by atoms with E-state index in [0.29, 0.717) is 6.04 Å². The number of piperidine rings is 1. The summed E-state index contributed by atoms with van der Waals surface area (Å²) in [5.74, 6) is 1.82. The average molecular weight is 166 g/mol. The van der Waals surface area contributed by atoms with Gasteiger partial charge in [0.2, 0.25) is 0 Å². The predicted molar refractivity (Wildman–Crippen MR) is 45.7 cm³/mol. The second-order valence-electron chi connectivity index (χ2n) is 3.28. The van der Waals surface area contributed by atoms with Crippen LogP contribution in [-0.4, -0.2) is 21.7 Å². The fraction of sp³-hybridized carbons (Fsp3) is 0.750. The SMILES string of the molecule is Cc1nc([C@H]2CCCCN2)n[nH]1. The highest BCUT2D eigenvalue weighted by atomic mass is 15.2. The van der Waals surface area contributed by atoms with Crippen LogP contribution >= 0.6 is 0 Å². The Kier molecular flexibility index (Phi) is 2.08. The minimum Gasteiger partial charge on any atom is -0.307 e. The number of hydrogen-bond donors (Lipinski definition) is 2. The molecule has 1 atom stereocenters. The number of aryl methyl sites for hydroxylation is 1. The average Bonchev–Trinajstić information content (AvgIpc) is 2.54. The molecular weight excluding hydrogens is 152 g/mol. The topological polar surface area (TPSA) is 53.6 Å². The molecule has 1 aliphatic rings. The van der Waals surface area contributed by atoms with Crippen molar-refractivity contribution in [3.05, 3.63) is 11.6 Å². The first-order valence-corrected chi connectivity index (χ1v) is 4.48. The van der Waals surface area contributed by atoms with Crippen molar-refractivity contribution >= 4 is 0 Å². The highest BCUT2D eigenvalue weighted by Gasteiger charge is 2.17. The van der Waals surface area contributed by atoms with Crippen LogP contribution in [0.1, 0.15) is 37.0 Å². The first-order chi connectivity index (χ1) is 5.86. The van der Waals surface area contributed by atoms with Crippen LogP contribution in [0.15, 0.2) is 0 Å². The summed E-state index contributed by atoms with van der Waals surface area (Å²) in [6.45, 7) is 3.03. The van der Waals surface area contributed by atoms with Crippen LogP contribution < -0.4 is 5.32 Å². The van der Waals surface area contributed by atoms with Crippen LogP contribution in [0, 0.1) is 6.92 Å². The smallest absolute Gasteiger partial charge is 0.167 e. The lowest BCUT2D eigenvalue weighted by atomic mass is 10.0. The van der Waals surface area contributed by atoms with Gasteiger partial charge in [0.05, 0.1) is 6.04 Å². The maximum Gasteiger partial charge on any atom is 0.167 e. The molecule has 1 aliphatic heterocycles. The van der Waals surface area contributed by atoms with Gasteiger partial charge in [-0.2, -0.15) is 5.10 Å². The molecule has 1 aromatic rings. The van der Waals surface area contributed by atoms with Crippen LogP contribution in [0.5, 0.6) is 0 Å². The van der Waals surface area contributed by atoms with Crippen molar-refractivity contribution < 1.29 is 0 Å². The molecule has 2 N–H and O–H groups in total. The van der Waals surface area contributed by atoms with Gasteiger partial charge >= 0.3 is 0 Å². The molecule has 66 valence electrons. The fourth-order valence-electron chi connectivity index (χ4n) is 1.59. The number of aromatic nitrogens is 3. The number of hydrogen-bond acceptors (Lipinski definition) is 3. The van der Waals surface area contributed by atoms with E-state index in [9.17, 15) is 0 Å². The molecule has 0 aromatic carbocycles. The second kappa shape index (κ2) is 3.23. The van der Waals surface area contributed by atoms with Crippen molar-refractivity contribution in [2.45, 2.75) is 32.2 Å². The van der Waals surface area contributed by atoms with E-state index in [2.05, 4.69) is 20.5 Å².